The molecule has 0 fully saturated rings. The standard InChI is InChI=1S/C7H8N2O/c1-3-8-5-6-9(4-2)7(8)10/h3-6H,1-2H2. The van der Waals surface area contributed by atoms with Gasteiger partial charge < -0.3 is 0 Å². The summed E-state index contributed by atoms with van der Waals surface area (Å²) in [5, 5.41) is 0. The minimum atomic E-state index is -0.148. The van der Waals surface area contributed by atoms with Crippen LogP contribution in [0, 0.1) is 0 Å². The van der Waals surface area contributed by atoms with Crippen molar-refractivity contribution in [2.24, 2.45) is 0 Å². The average molecular weight is 136 g/mol. The van der Waals surface area contributed by atoms with Gasteiger partial charge in [0.25, 0.3) is 0 Å². The largest absolute Gasteiger partial charge is 0.336 e. The van der Waals surface area contributed by atoms with Crippen LogP contribution in [-0.2, 0) is 0 Å². The summed E-state index contributed by atoms with van der Waals surface area (Å²) in [5.74, 6) is 0. The predicted molar refractivity (Wildman–Crippen MR) is 41.5 cm³/mol. The second kappa shape index (κ2) is 2.39. The van der Waals surface area contributed by atoms with Crippen LogP contribution in [0.15, 0.2) is 30.3 Å². The number of hydrogen-bond donors (Lipinski definition) is 0. The second-order valence-corrected chi connectivity index (χ2v) is 1.76. The molecule has 3 heteroatoms. The minimum Gasteiger partial charge on any atom is -0.275 e. The lowest BCUT2D eigenvalue weighted by atomic mass is 10.8. The molecule has 0 atom stereocenters. The van der Waals surface area contributed by atoms with Crippen molar-refractivity contribution in [2.75, 3.05) is 0 Å². The molecule has 0 saturated heterocycles. The van der Waals surface area contributed by atoms with Gasteiger partial charge >= 0.3 is 5.69 Å². The van der Waals surface area contributed by atoms with E-state index in [1.54, 1.807) is 12.4 Å². The predicted octanol–water partition coefficient (Wildman–Crippen LogP) is 0.851. The Kier molecular flexibility index (Phi) is 1.58. The van der Waals surface area contributed by atoms with Crippen LogP contribution in [0.3, 0.4) is 0 Å². The van der Waals surface area contributed by atoms with Gasteiger partial charge in [-0.2, -0.15) is 0 Å². The molecule has 0 saturated carbocycles. The van der Waals surface area contributed by atoms with E-state index in [0.29, 0.717) is 0 Å². The van der Waals surface area contributed by atoms with Gasteiger partial charge in [0, 0.05) is 24.8 Å². The lowest BCUT2D eigenvalue weighted by molar-refractivity contribution is 0.981. The molecule has 0 spiro atoms. The van der Waals surface area contributed by atoms with Crippen molar-refractivity contribution in [1.29, 1.82) is 0 Å². The van der Waals surface area contributed by atoms with Gasteiger partial charge in [-0.25, -0.2) is 4.79 Å². The average Bonchev–Trinajstić information content (AvgIpc) is 2.30. The van der Waals surface area contributed by atoms with E-state index in [-0.39, 0.29) is 5.69 Å². The van der Waals surface area contributed by atoms with Crippen molar-refractivity contribution < 1.29 is 0 Å². The third kappa shape index (κ3) is 0.815. The van der Waals surface area contributed by atoms with Gasteiger partial charge in [-0.15, -0.1) is 0 Å². The fourth-order valence-electron chi connectivity index (χ4n) is 0.682. The number of rotatable bonds is 2. The zero-order valence-electron chi connectivity index (χ0n) is 5.53. The van der Waals surface area contributed by atoms with Crippen LogP contribution in [0.1, 0.15) is 0 Å². The third-order valence-corrected chi connectivity index (χ3v) is 1.22. The zero-order valence-corrected chi connectivity index (χ0v) is 5.53. The summed E-state index contributed by atoms with van der Waals surface area (Å²) in [6, 6.07) is 0. The van der Waals surface area contributed by atoms with E-state index in [4.69, 9.17) is 0 Å². The Morgan fingerprint density at radius 1 is 1.20 bits per heavy atom. The minimum absolute atomic E-state index is 0.148. The van der Waals surface area contributed by atoms with E-state index in [0.717, 1.165) is 0 Å². The highest BCUT2D eigenvalue weighted by Gasteiger charge is 1.93. The van der Waals surface area contributed by atoms with Gasteiger partial charge in [-0.3, -0.25) is 9.13 Å². The van der Waals surface area contributed by atoms with Crippen molar-refractivity contribution in [1.82, 2.24) is 9.13 Å². The van der Waals surface area contributed by atoms with Crippen molar-refractivity contribution >= 4 is 12.4 Å². The Hall–Kier alpha value is -1.51. The first-order valence-electron chi connectivity index (χ1n) is 2.83. The van der Waals surface area contributed by atoms with Gasteiger partial charge in [0.05, 0.1) is 0 Å². The van der Waals surface area contributed by atoms with Gasteiger partial charge in [0.2, 0.25) is 0 Å². The van der Waals surface area contributed by atoms with E-state index in [9.17, 15) is 4.79 Å². The van der Waals surface area contributed by atoms with E-state index < -0.39 is 0 Å². The van der Waals surface area contributed by atoms with Crippen LogP contribution >= 0.6 is 0 Å². The molecule has 0 bridgehead atoms. The van der Waals surface area contributed by atoms with E-state index in [2.05, 4.69) is 13.2 Å². The quantitative estimate of drug-likeness (QED) is 0.592. The normalized spacial score (nSPS) is 9.20. The molecule has 1 aromatic heterocycles. The molecule has 1 rings (SSSR count). The molecular formula is C7H8N2O. The molecule has 0 aliphatic heterocycles. The summed E-state index contributed by atoms with van der Waals surface area (Å²) in [5.41, 5.74) is -0.148. The smallest absolute Gasteiger partial charge is 0.275 e. The maximum absolute atomic E-state index is 11.0. The summed E-state index contributed by atoms with van der Waals surface area (Å²) >= 11 is 0. The summed E-state index contributed by atoms with van der Waals surface area (Å²) in [6.45, 7) is 6.91. The van der Waals surface area contributed by atoms with Crippen LogP contribution < -0.4 is 5.69 Å². The Morgan fingerprint density at radius 2 is 1.60 bits per heavy atom. The first kappa shape index (κ1) is 6.61. The Balaban J connectivity index is 3.34. The first-order valence-corrected chi connectivity index (χ1v) is 2.83. The molecule has 0 aromatic carbocycles. The van der Waals surface area contributed by atoms with Crippen LogP contribution in [0.4, 0.5) is 0 Å². The molecule has 0 amide bonds. The van der Waals surface area contributed by atoms with Crippen molar-refractivity contribution in [3.63, 3.8) is 0 Å². The highest BCUT2D eigenvalue weighted by atomic mass is 16.1. The third-order valence-electron chi connectivity index (χ3n) is 1.22. The maximum atomic E-state index is 11.0. The summed E-state index contributed by atoms with van der Waals surface area (Å²) < 4.78 is 2.75. The van der Waals surface area contributed by atoms with E-state index in [1.165, 1.54) is 21.5 Å². The van der Waals surface area contributed by atoms with Crippen molar-refractivity contribution in [3.8, 4) is 0 Å². The Bertz CT molecular complexity index is 277. The van der Waals surface area contributed by atoms with Gasteiger partial charge in [0.1, 0.15) is 0 Å². The number of aromatic nitrogens is 2. The fraction of sp³-hybridized carbons (Fsp3) is 0. The molecule has 52 valence electrons. The number of hydrogen-bond acceptors (Lipinski definition) is 1. The van der Waals surface area contributed by atoms with Gasteiger partial charge in [0.15, 0.2) is 0 Å². The number of imidazole rings is 1. The Morgan fingerprint density at radius 3 is 1.80 bits per heavy atom. The van der Waals surface area contributed by atoms with Crippen molar-refractivity contribution in [2.45, 2.75) is 0 Å². The molecule has 0 N–H and O–H groups in total. The molecule has 0 aliphatic rings. The van der Waals surface area contributed by atoms with Crippen LogP contribution in [0.5, 0.6) is 0 Å². The zero-order chi connectivity index (χ0) is 7.56. The topological polar surface area (TPSA) is 26.9 Å². The summed E-state index contributed by atoms with van der Waals surface area (Å²) in [4.78, 5) is 11.0. The lowest BCUT2D eigenvalue weighted by Crippen LogP contribution is -2.16. The molecule has 0 unspecified atom stereocenters. The molecule has 0 aliphatic carbocycles. The molecule has 1 heterocycles. The monoisotopic (exact) mass is 136 g/mol. The van der Waals surface area contributed by atoms with Gasteiger partial charge in [-0.05, 0) is 0 Å². The summed E-state index contributed by atoms with van der Waals surface area (Å²) in [6.07, 6.45) is 6.14. The van der Waals surface area contributed by atoms with Crippen LogP contribution in [0.25, 0.3) is 12.4 Å². The number of nitrogens with zero attached hydrogens (tertiary/aromatic N) is 2. The van der Waals surface area contributed by atoms with Crippen molar-refractivity contribution in [3.05, 3.63) is 36.0 Å². The second-order valence-electron chi connectivity index (χ2n) is 1.76. The SMILES string of the molecule is C=Cn1ccn(C=C)c1=O. The highest BCUT2D eigenvalue weighted by Crippen LogP contribution is 1.83. The van der Waals surface area contributed by atoms with Crippen LogP contribution in [0.2, 0.25) is 0 Å². The maximum Gasteiger partial charge on any atom is 0.336 e. The molecule has 3 nitrogen and oxygen atoms in total. The van der Waals surface area contributed by atoms with Crippen LogP contribution in [-0.4, -0.2) is 9.13 Å². The molecule has 10 heavy (non-hydrogen) atoms. The van der Waals surface area contributed by atoms with E-state index >= 15 is 0 Å². The lowest BCUT2D eigenvalue weighted by Gasteiger charge is -1.86. The Labute approximate surface area is 58.5 Å². The first-order chi connectivity index (χ1) is 4.79. The molecule has 0 radical (unpaired) electrons. The fourth-order valence-corrected chi connectivity index (χ4v) is 0.682. The molecular weight excluding hydrogens is 128 g/mol. The summed E-state index contributed by atoms with van der Waals surface area (Å²) in [7, 11) is 0. The van der Waals surface area contributed by atoms with E-state index in [1.807, 2.05) is 0 Å². The van der Waals surface area contributed by atoms with Gasteiger partial charge in [-0.1, -0.05) is 13.2 Å². The molecule has 1 aromatic rings. The highest BCUT2D eigenvalue weighted by molar-refractivity contribution is 5.21.